The van der Waals surface area contributed by atoms with Gasteiger partial charge in [0.1, 0.15) is 5.82 Å². The zero-order chi connectivity index (χ0) is 22.1. The molecule has 1 aliphatic heterocycles. The number of carbonyl (C=O) groups excluding carboxylic acids is 1. The Labute approximate surface area is 192 Å². The highest BCUT2D eigenvalue weighted by molar-refractivity contribution is 7.08. The number of thiophene rings is 1. The number of hydrogen-bond acceptors (Lipinski definition) is 4. The van der Waals surface area contributed by atoms with E-state index in [-0.39, 0.29) is 29.3 Å². The summed E-state index contributed by atoms with van der Waals surface area (Å²) in [5.41, 5.74) is 3.67. The number of rotatable bonds is 5. The van der Waals surface area contributed by atoms with Gasteiger partial charge in [-0.2, -0.15) is 11.3 Å². The van der Waals surface area contributed by atoms with Crippen LogP contribution in [-0.2, 0) is 16.7 Å². The zero-order valence-electron chi connectivity index (χ0n) is 18.1. The standard InChI is InChI=1S/C26H27FN2O2S/c1-31-24-23(28-25(30)19-10-15-32-17-19)20-7-3-4-8-21(20)26(24)11-13-29(14-12-26)16-18-6-2-5-9-22(18)27/h2-10,15,17,23-24H,11-14,16H2,1H3,(H,28,30)/t23-,24+/m0/s1. The third-order valence-electron chi connectivity index (χ3n) is 7.10. The van der Waals surface area contributed by atoms with Gasteiger partial charge in [-0.1, -0.05) is 42.5 Å². The van der Waals surface area contributed by atoms with Crippen molar-refractivity contribution in [3.05, 3.63) is 93.4 Å². The van der Waals surface area contributed by atoms with Crippen molar-refractivity contribution in [2.45, 2.75) is 36.9 Å². The number of methoxy groups -OCH3 is 1. The second kappa shape index (κ2) is 8.77. The predicted octanol–water partition coefficient (Wildman–Crippen LogP) is 4.92. The van der Waals surface area contributed by atoms with Crippen molar-refractivity contribution in [1.29, 1.82) is 0 Å². The average Bonchev–Trinajstić information content (AvgIpc) is 3.44. The van der Waals surface area contributed by atoms with Crippen LogP contribution in [0, 0.1) is 5.82 Å². The van der Waals surface area contributed by atoms with Gasteiger partial charge in [0.15, 0.2) is 0 Å². The molecule has 0 radical (unpaired) electrons. The van der Waals surface area contributed by atoms with Gasteiger partial charge in [0.2, 0.25) is 0 Å². The first-order chi connectivity index (χ1) is 15.6. The molecule has 2 aliphatic rings. The summed E-state index contributed by atoms with van der Waals surface area (Å²) in [5.74, 6) is -0.216. The first-order valence-electron chi connectivity index (χ1n) is 11.0. The fourth-order valence-electron chi connectivity index (χ4n) is 5.52. The molecule has 2 atom stereocenters. The highest BCUT2D eigenvalue weighted by atomic mass is 32.1. The van der Waals surface area contributed by atoms with Crippen molar-refractivity contribution in [3.63, 3.8) is 0 Å². The predicted molar refractivity (Wildman–Crippen MR) is 124 cm³/mol. The molecule has 1 aromatic heterocycles. The summed E-state index contributed by atoms with van der Waals surface area (Å²) in [6.07, 6.45) is 1.67. The fraction of sp³-hybridized carbons (Fsp3) is 0.346. The summed E-state index contributed by atoms with van der Waals surface area (Å²) in [7, 11) is 1.74. The molecule has 166 valence electrons. The van der Waals surface area contributed by atoms with E-state index in [9.17, 15) is 9.18 Å². The quantitative estimate of drug-likeness (QED) is 0.600. The van der Waals surface area contributed by atoms with Crippen LogP contribution in [0.5, 0.6) is 0 Å². The Bertz CT molecular complexity index is 1090. The van der Waals surface area contributed by atoms with Crippen molar-refractivity contribution in [2.24, 2.45) is 0 Å². The molecule has 5 rings (SSSR count). The van der Waals surface area contributed by atoms with Gasteiger partial charge in [-0.15, -0.1) is 0 Å². The lowest BCUT2D eigenvalue weighted by molar-refractivity contribution is -0.0123. The number of halogens is 1. The van der Waals surface area contributed by atoms with E-state index in [0.717, 1.165) is 37.1 Å². The van der Waals surface area contributed by atoms with Gasteiger partial charge in [-0.25, -0.2) is 4.39 Å². The summed E-state index contributed by atoms with van der Waals surface area (Å²) in [5, 5.41) is 7.03. The number of fused-ring (bicyclic) bond motifs is 2. The average molecular weight is 451 g/mol. The number of amides is 1. The van der Waals surface area contributed by atoms with Crippen LogP contribution in [0.2, 0.25) is 0 Å². The highest BCUT2D eigenvalue weighted by Gasteiger charge is 2.54. The Morgan fingerprint density at radius 2 is 1.91 bits per heavy atom. The smallest absolute Gasteiger partial charge is 0.252 e. The molecule has 0 saturated carbocycles. The number of likely N-dealkylation sites (tertiary alicyclic amines) is 1. The van der Waals surface area contributed by atoms with E-state index < -0.39 is 0 Å². The Balaban J connectivity index is 1.39. The van der Waals surface area contributed by atoms with Crippen molar-refractivity contribution in [1.82, 2.24) is 10.2 Å². The maximum atomic E-state index is 14.2. The molecule has 1 saturated heterocycles. The second-order valence-corrected chi connectivity index (χ2v) is 9.51. The van der Waals surface area contributed by atoms with Crippen LogP contribution in [0.15, 0.2) is 65.4 Å². The van der Waals surface area contributed by atoms with E-state index in [0.29, 0.717) is 12.1 Å². The normalized spacial score (nSPS) is 22.1. The lowest BCUT2D eigenvalue weighted by Crippen LogP contribution is -2.50. The van der Waals surface area contributed by atoms with Crippen molar-refractivity contribution >= 4 is 17.2 Å². The van der Waals surface area contributed by atoms with Gasteiger partial charge in [-0.05, 0) is 54.6 Å². The van der Waals surface area contributed by atoms with Crippen LogP contribution in [0.25, 0.3) is 0 Å². The molecule has 4 nitrogen and oxygen atoms in total. The van der Waals surface area contributed by atoms with Crippen molar-refractivity contribution < 1.29 is 13.9 Å². The summed E-state index contributed by atoms with van der Waals surface area (Å²) in [6.45, 7) is 2.32. The fourth-order valence-corrected chi connectivity index (χ4v) is 6.16. The van der Waals surface area contributed by atoms with Crippen LogP contribution in [0.4, 0.5) is 4.39 Å². The Kier molecular flexibility index (Phi) is 5.84. The highest BCUT2D eigenvalue weighted by Crippen LogP contribution is 2.52. The molecule has 1 N–H and O–H groups in total. The van der Waals surface area contributed by atoms with Gasteiger partial charge >= 0.3 is 0 Å². The molecule has 1 amide bonds. The van der Waals surface area contributed by atoms with Gasteiger partial charge < -0.3 is 10.1 Å². The van der Waals surface area contributed by atoms with E-state index in [4.69, 9.17) is 4.74 Å². The largest absolute Gasteiger partial charge is 0.378 e. The number of benzene rings is 2. The number of carbonyl (C=O) groups is 1. The first kappa shape index (κ1) is 21.3. The monoisotopic (exact) mass is 450 g/mol. The maximum Gasteiger partial charge on any atom is 0.252 e. The molecule has 0 bridgehead atoms. The molecule has 2 heterocycles. The van der Waals surface area contributed by atoms with Gasteiger partial charge in [0.05, 0.1) is 17.7 Å². The maximum absolute atomic E-state index is 14.2. The summed E-state index contributed by atoms with van der Waals surface area (Å²) < 4.78 is 20.3. The van der Waals surface area contributed by atoms with Crippen molar-refractivity contribution in [3.8, 4) is 0 Å². The third-order valence-corrected chi connectivity index (χ3v) is 7.79. The zero-order valence-corrected chi connectivity index (χ0v) is 18.9. The summed E-state index contributed by atoms with van der Waals surface area (Å²) >= 11 is 1.52. The Morgan fingerprint density at radius 1 is 1.16 bits per heavy atom. The minimum Gasteiger partial charge on any atom is -0.378 e. The van der Waals surface area contributed by atoms with Crippen LogP contribution >= 0.6 is 11.3 Å². The number of piperidine rings is 1. The van der Waals surface area contributed by atoms with Gasteiger partial charge in [0, 0.05) is 30.0 Å². The number of ether oxygens (including phenoxy) is 1. The molecule has 6 heteroatoms. The number of nitrogens with one attached hydrogen (secondary N) is 1. The molecule has 1 aliphatic carbocycles. The minimum absolute atomic E-state index is 0.0675. The van der Waals surface area contributed by atoms with Crippen LogP contribution in [-0.4, -0.2) is 37.1 Å². The first-order valence-corrected chi connectivity index (χ1v) is 12.0. The molecule has 1 spiro atoms. The molecule has 3 aromatic rings. The molecule has 1 fully saturated rings. The van der Waals surface area contributed by atoms with Gasteiger partial charge in [-0.3, -0.25) is 9.69 Å². The lowest BCUT2D eigenvalue weighted by Gasteiger charge is -2.44. The van der Waals surface area contributed by atoms with E-state index in [1.807, 2.05) is 35.0 Å². The van der Waals surface area contributed by atoms with Gasteiger partial charge in [0.25, 0.3) is 5.91 Å². The number of hydrogen-bond donors (Lipinski definition) is 1. The van der Waals surface area contributed by atoms with Crippen molar-refractivity contribution in [2.75, 3.05) is 20.2 Å². The molecule has 0 unspecified atom stereocenters. The second-order valence-electron chi connectivity index (χ2n) is 8.73. The van der Waals surface area contributed by atoms with E-state index in [1.54, 1.807) is 13.2 Å². The summed E-state index contributed by atoms with van der Waals surface area (Å²) in [6, 6.07) is 17.1. The van der Waals surface area contributed by atoms with E-state index in [1.165, 1.54) is 23.0 Å². The topological polar surface area (TPSA) is 41.6 Å². The van der Waals surface area contributed by atoms with Crippen LogP contribution < -0.4 is 5.32 Å². The summed E-state index contributed by atoms with van der Waals surface area (Å²) in [4.78, 5) is 15.2. The SMILES string of the molecule is CO[C@@H]1[C@@H](NC(=O)c2ccsc2)c2ccccc2C12CCN(Cc1ccccc1F)CC2. The Hall–Kier alpha value is -2.54. The molecular formula is C26H27FN2O2S. The Morgan fingerprint density at radius 3 is 2.62 bits per heavy atom. The van der Waals surface area contributed by atoms with E-state index >= 15 is 0 Å². The van der Waals surface area contributed by atoms with Crippen LogP contribution in [0.1, 0.15) is 45.9 Å². The minimum atomic E-state index is -0.193. The third kappa shape index (κ3) is 3.66. The molecule has 32 heavy (non-hydrogen) atoms. The molecular weight excluding hydrogens is 423 g/mol. The van der Waals surface area contributed by atoms with Crippen LogP contribution in [0.3, 0.4) is 0 Å². The molecule has 2 aromatic carbocycles. The number of nitrogens with zero attached hydrogens (tertiary/aromatic N) is 1. The van der Waals surface area contributed by atoms with E-state index in [2.05, 4.69) is 28.4 Å². The lowest BCUT2D eigenvalue weighted by atomic mass is 9.71.